The summed E-state index contributed by atoms with van der Waals surface area (Å²) in [5.74, 6) is -0.481. The van der Waals surface area contributed by atoms with Crippen molar-refractivity contribution in [2.24, 2.45) is 11.7 Å². The van der Waals surface area contributed by atoms with E-state index >= 15 is 0 Å². The molecule has 0 aromatic heterocycles. The SMILES string of the molecule is CN(CC(=O)O)CC1CN(C(N)=O)C1. The Kier molecular flexibility index (Phi) is 3.29. The zero-order valence-corrected chi connectivity index (χ0v) is 8.14. The quantitative estimate of drug-likeness (QED) is 0.611. The molecule has 6 nitrogen and oxygen atoms in total. The Morgan fingerprint density at radius 1 is 1.57 bits per heavy atom. The van der Waals surface area contributed by atoms with Crippen LogP contribution in [0, 0.1) is 5.92 Å². The van der Waals surface area contributed by atoms with Crippen molar-refractivity contribution < 1.29 is 14.7 Å². The summed E-state index contributed by atoms with van der Waals surface area (Å²) in [4.78, 5) is 24.2. The lowest BCUT2D eigenvalue weighted by Gasteiger charge is -2.39. The smallest absolute Gasteiger partial charge is 0.317 e. The van der Waals surface area contributed by atoms with E-state index in [4.69, 9.17) is 10.8 Å². The van der Waals surface area contributed by atoms with Gasteiger partial charge in [-0.25, -0.2) is 4.79 Å². The minimum atomic E-state index is -0.835. The molecule has 2 amide bonds. The predicted octanol–water partition coefficient (Wildman–Crippen LogP) is -0.987. The molecule has 0 bridgehead atoms. The summed E-state index contributed by atoms with van der Waals surface area (Å²) in [6, 6.07) is -0.401. The van der Waals surface area contributed by atoms with E-state index in [0.717, 1.165) is 0 Å². The fraction of sp³-hybridized carbons (Fsp3) is 0.750. The highest BCUT2D eigenvalue weighted by Gasteiger charge is 2.29. The first-order valence-electron chi connectivity index (χ1n) is 4.43. The van der Waals surface area contributed by atoms with Gasteiger partial charge in [0.15, 0.2) is 0 Å². The van der Waals surface area contributed by atoms with Gasteiger partial charge in [-0.1, -0.05) is 0 Å². The van der Waals surface area contributed by atoms with Crippen LogP contribution in [0.25, 0.3) is 0 Å². The summed E-state index contributed by atoms with van der Waals surface area (Å²) in [5, 5.41) is 8.50. The van der Waals surface area contributed by atoms with Crippen molar-refractivity contribution in [3.63, 3.8) is 0 Å². The van der Waals surface area contributed by atoms with E-state index in [-0.39, 0.29) is 6.54 Å². The minimum absolute atomic E-state index is 0.0348. The van der Waals surface area contributed by atoms with E-state index in [0.29, 0.717) is 25.6 Å². The number of primary amides is 1. The molecule has 0 saturated carbocycles. The molecule has 0 aromatic rings. The van der Waals surface area contributed by atoms with Crippen LogP contribution >= 0.6 is 0 Å². The highest BCUT2D eigenvalue weighted by atomic mass is 16.4. The molecule has 1 aliphatic rings. The van der Waals surface area contributed by atoms with E-state index in [1.54, 1.807) is 16.8 Å². The molecule has 0 radical (unpaired) electrons. The second-order valence-electron chi connectivity index (χ2n) is 3.70. The van der Waals surface area contributed by atoms with Gasteiger partial charge >= 0.3 is 12.0 Å². The van der Waals surface area contributed by atoms with Crippen LogP contribution in [0.2, 0.25) is 0 Å². The number of rotatable bonds is 4. The number of carbonyl (C=O) groups excluding carboxylic acids is 1. The maximum absolute atomic E-state index is 10.6. The molecular formula is C8H15N3O3. The number of likely N-dealkylation sites (N-methyl/N-ethyl adjacent to an activating group) is 1. The molecule has 1 aliphatic heterocycles. The van der Waals surface area contributed by atoms with Crippen LogP contribution in [0.3, 0.4) is 0 Å². The Bertz CT molecular complexity index is 238. The first kappa shape index (κ1) is 10.8. The molecule has 0 atom stereocenters. The highest BCUT2D eigenvalue weighted by Crippen LogP contribution is 2.15. The van der Waals surface area contributed by atoms with Gasteiger partial charge in [0.05, 0.1) is 6.54 Å². The molecule has 6 heteroatoms. The van der Waals surface area contributed by atoms with E-state index < -0.39 is 12.0 Å². The van der Waals surface area contributed by atoms with Gasteiger partial charge in [-0.15, -0.1) is 0 Å². The van der Waals surface area contributed by atoms with E-state index in [1.807, 2.05) is 0 Å². The summed E-state index contributed by atoms with van der Waals surface area (Å²) in [6.07, 6.45) is 0. The summed E-state index contributed by atoms with van der Waals surface area (Å²) >= 11 is 0. The molecule has 1 rings (SSSR count). The number of hydrogen-bond acceptors (Lipinski definition) is 3. The lowest BCUT2D eigenvalue weighted by atomic mass is 10.0. The fourth-order valence-corrected chi connectivity index (χ4v) is 1.60. The van der Waals surface area contributed by atoms with Crippen molar-refractivity contribution in [3.8, 4) is 0 Å². The Morgan fingerprint density at radius 2 is 2.14 bits per heavy atom. The second kappa shape index (κ2) is 4.28. The Morgan fingerprint density at radius 3 is 2.57 bits per heavy atom. The number of nitrogens with two attached hydrogens (primary N) is 1. The lowest BCUT2D eigenvalue weighted by Crippen LogP contribution is -2.55. The van der Waals surface area contributed by atoms with Gasteiger partial charge in [-0.3, -0.25) is 9.69 Å². The Hall–Kier alpha value is -1.30. The minimum Gasteiger partial charge on any atom is -0.480 e. The van der Waals surface area contributed by atoms with Gasteiger partial charge < -0.3 is 15.7 Å². The molecule has 0 unspecified atom stereocenters. The number of carboxylic acid groups (broad SMARTS) is 1. The molecule has 1 heterocycles. The lowest BCUT2D eigenvalue weighted by molar-refractivity contribution is -0.138. The monoisotopic (exact) mass is 201 g/mol. The van der Waals surface area contributed by atoms with Gasteiger partial charge in [0.25, 0.3) is 0 Å². The van der Waals surface area contributed by atoms with Crippen LogP contribution in [0.4, 0.5) is 4.79 Å². The summed E-state index contributed by atoms with van der Waals surface area (Å²) in [5.41, 5.74) is 5.05. The van der Waals surface area contributed by atoms with Crippen LogP contribution in [-0.4, -0.2) is 60.1 Å². The number of nitrogens with zero attached hydrogens (tertiary/aromatic N) is 2. The van der Waals surface area contributed by atoms with Gasteiger partial charge in [0, 0.05) is 25.6 Å². The van der Waals surface area contributed by atoms with Crippen molar-refractivity contribution in [3.05, 3.63) is 0 Å². The summed E-state index contributed by atoms with van der Waals surface area (Å²) in [7, 11) is 1.75. The normalized spacial score (nSPS) is 16.9. The number of urea groups is 1. The summed E-state index contributed by atoms with van der Waals surface area (Å²) in [6.45, 7) is 2.00. The van der Waals surface area contributed by atoms with Crippen LogP contribution < -0.4 is 5.73 Å². The topological polar surface area (TPSA) is 86.9 Å². The maximum Gasteiger partial charge on any atom is 0.317 e. The van der Waals surface area contributed by atoms with Crippen molar-refractivity contribution in [2.45, 2.75) is 0 Å². The zero-order chi connectivity index (χ0) is 10.7. The number of carboxylic acids is 1. The van der Waals surface area contributed by atoms with E-state index in [2.05, 4.69) is 0 Å². The first-order valence-corrected chi connectivity index (χ1v) is 4.43. The maximum atomic E-state index is 10.6. The molecule has 14 heavy (non-hydrogen) atoms. The third-order valence-corrected chi connectivity index (χ3v) is 2.24. The first-order chi connectivity index (χ1) is 6.49. The van der Waals surface area contributed by atoms with Crippen molar-refractivity contribution in [2.75, 3.05) is 33.2 Å². The molecule has 0 aliphatic carbocycles. The van der Waals surface area contributed by atoms with E-state index in [1.165, 1.54) is 0 Å². The van der Waals surface area contributed by atoms with Gasteiger partial charge in [-0.05, 0) is 7.05 Å². The third-order valence-electron chi connectivity index (χ3n) is 2.24. The molecule has 3 N–H and O–H groups in total. The van der Waals surface area contributed by atoms with Crippen LogP contribution in [-0.2, 0) is 4.79 Å². The molecule has 0 aromatic carbocycles. The Labute approximate surface area is 82.3 Å². The van der Waals surface area contributed by atoms with Crippen LogP contribution in [0.15, 0.2) is 0 Å². The molecule has 0 spiro atoms. The number of aliphatic carboxylic acids is 1. The predicted molar refractivity (Wildman–Crippen MR) is 49.8 cm³/mol. The highest BCUT2D eigenvalue weighted by molar-refractivity contribution is 5.72. The van der Waals surface area contributed by atoms with Crippen molar-refractivity contribution >= 4 is 12.0 Å². The zero-order valence-electron chi connectivity index (χ0n) is 8.14. The molecule has 1 fully saturated rings. The van der Waals surface area contributed by atoms with E-state index in [9.17, 15) is 9.59 Å². The van der Waals surface area contributed by atoms with Gasteiger partial charge in [0.1, 0.15) is 0 Å². The van der Waals surface area contributed by atoms with Crippen LogP contribution in [0.5, 0.6) is 0 Å². The van der Waals surface area contributed by atoms with Gasteiger partial charge in [0.2, 0.25) is 0 Å². The van der Waals surface area contributed by atoms with Crippen LogP contribution in [0.1, 0.15) is 0 Å². The van der Waals surface area contributed by atoms with Gasteiger partial charge in [-0.2, -0.15) is 0 Å². The number of carbonyl (C=O) groups is 2. The average Bonchev–Trinajstić information content (AvgIpc) is 1.93. The summed E-state index contributed by atoms with van der Waals surface area (Å²) < 4.78 is 0. The molecule has 1 saturated heterocycles. The number of hydrogen-bond donors (Lipinski definition) is 2. The average molecular weight is 201 g/mol. The largest absolute Gasteiger partial charge is 0.480 e. The standard InChI is InChI=1S/C8H15N3O3/c1-10(5-7(12)13)2-6-3-11(4-6)8(9)14/h6H,2-5H2,1H3,(H2,9,14)(H,12,13). The third kappa shape index (κ3) is 2.88. The number of likely N-dealkylation sites (tertiary alicyclic amines) is 1. The molecular weight excluding hydrogens is 186 g/mol. The number of amides is 2. The second-order valence-corrected chi connectivity index (χ2v) is 3.70. The Balaban J connectivity index is 2.16. The molecule has 80 valence electrons. The fourth-order valence-electron chi connectivity index (χ4n) is 1.60. The van der Waals surface area contributed by atoms with Crippen molar-refractivity contribution in [1.29, 1.82) is 0 Å². The van der Waals surface area contributed by atoms with Crippen molar-refractivity contribution in [1.82, 2.24) is 9.80 Å².